The summed E-state index contributed by atoms with van der Waals surface area (Å²) < 4.78 is 66.2. The van der Waals surface area contributed by atoms with Crippen LogP contribution in [0.3, 0.4) is 0 Å². The molecule has 1 heterocycles. The largest absolute Gasteiger partial charge is 0.384 e. The summed E-state index contributed by atoms with van der Waals surface area (Å²) in [6.07, 6.45) is -3.53. The summed E-state index contributed by atoms with van der Waals surface area (Å²) in [5.74, 6) is -4.50. The van der Waals surface area contributed by atoms with Crippen molar-refractivity contribution in [2.24, 2.45) is 5.92 Å². The van der Waals surface area contributed by atoms with Gasteiger partial charge >= 0.3 is 0 Å². The molecule has 2 aliphatic rings. The van der Waals surface area contributed by atoms with E-state index >= 15 is 0 Å². The van der Waals surface area contributed by atoms with Gasteiger partial charge in [-0.3, -0.25) is 19.8 Å². The molecule has 1 aromatic rings. The van der Waals surface area contributed by atoms with Crippen LogP contribution < -0.4 is 26.6 Å². The quantitative estimate of drug-likeness (QED) is 0.125. The number of anilines is 2. The maximum absolute atomic E-state index is 14.4. The molecule has 6 N–H and O–H groups in total. The summed E-state index contributed by atoms with van der Waals surface area (Å²) in [5, 5.41) is 24.1. The van der Waals surface area contributed by atoms with Crippen LogP contribution in [0.15, 0.2) is 18.2 Å². The maximum atomic E-state index is 14.4. The normalized spacial score (nSPS) is 22.6. The van der Waals surface area contributed by atoms with Gasteiger partial charge in [-0.25, -0.2) is 22.0 Å². The van der Waals surface area contributed by atoms with Gasteiger partial charge in [0.25, 0.3) is 12.3 Å². The molecular formula is C26H39F5N6O3S. The molecule has 232 valence electrons. The predicted molar refractivity (Wildman–Crippen MR) is 149 cm³/mol. The molecule has 15 heteroatoms. The zero-order valence-corrected chi connectivity index (χ0v) is 23.9. The summed E-state index contributed by atoms with van der Waals surface area (Å²) in [7, 11) is 1.59. The summed E-state index contributed by atoms with van der Waals surface area (Å²) in [6, 6.07) is 3.46. The third-order valence-electron chi connectivity index (χ3n) is 7.05. The highest BCUT2D eigenvalue weighted by atomic mass is 32.2. The van der Waals surface area contributed by atoms with Crippen molar-refractivity contribution in [3.8, 4) is 0 Å². The van der Waals surface area contributed by atoms with Crippen LogP contribution in [0.2, 0.25) is 0 Å². The Labute approximate surface area is 240 Å². The summed E-state index contributed by atoms with van der Waals surface area (Å²) in [4.78, 5) is 26.4. The fraction of sp³-hybridized carbons (Fsp3) is 0.692. The lowest BCUT2D eigenvalue weighted by Crippen LogP contribution is -2.46. The van der Waals surface area contributed by atoms with Crippen molar-refractivity contribution in [1.29, 1.82) is 0 Å². The second kappa shape index (κ2) is 15.3. The van der Waals surface area contributed by atoms with Crippen LogP contribution in [0.5, 0.6) is 0 Å². The van der Waals surface area contributed by atoms with Crippen molar-refractivity contribution in [2.45, 2.75) is 61.3 Å². The Morgan fingerprint density at radius 2 is 1.90 bits per heavy atom. The number of alkyl halides is 4. The second-order valence-corrected chi connectivity index (χ2v) is 11.8. The number of aliphatic hydroxyl groups is 1. The predicted octanol–water partition coefficient (Wildman–Crippen LogP) is 2.29. The van der Waals surface area contributed by atoms with Crippen LogP contribution in [0.4, 0.5) is 33.3 Å². The minimum absolute atomic E-state index is 0.00246. The van der Waals surface area contributed by atoms with Gasteiger partial charge in [-0.1, -0.05) is 6.92 Å². The smallest absolute Gasteiger partial charge is 0.255 e. The minimum Gasteiger partial charge on any atom is -0.384 e. The lowest BCUT2D eigenvalue weighted by Gasteiger charge is -2.31. The Morgan fingerprint density at radius 1 is 1.20 bits per heavy atom. The summed E-state index contributed by atoms with van der Waals surface area (Å²) in [5.41, 5.74) is 0.424. The fourth-order valence-corrected chi connectivity index (χ4v) is 6.27. The van der Waals surface area contributed by atoms with E-state index in [1.807, 2.05) is 6.92 Å². The molecule has 9 nitrogen and oxygen atoms in total. The molecule has 2 unspecified atom stereocenters. The van der Waals surface area contributed by atoms with Crippen molar-refractivity contribution < 1.29 is 36.6 Å². The van der Waals surface area contributed by atoms with E-state index in [1.54, 1.807) is 11.9 Å². The van der Waals surface area contributed by atoms with Crippen LogP contribution in [0.25, 0.3) is 0 Å². The number of benzene rings is 1. The molecule has 0 aromatic heterocycles. The van der Waals surface area contributed by atoms with Gasteiger partial charge in [-0.2, -0.15) is 0 Å². The topological polar surface area (TPSA) is 118 Å². The molecule has 1 saturated heterocycles. The summed E-state index contributed by atoms with van der Waals surface area (Å²) >= 11 is 1.46. The highest BCUT2D eigenvalue weighted by Crippen LogP contribution is 2.46. The van der Waals surface area contributed by atoms with Gasteiger partial charge in [-0.05, 0) is 44.1 Å². The highest BCUT2D eigenvalue weighted by molar-refractivity contribution is 8.00. The average Bonchev–Trinajstić information content (AvgIpc) is 3.67. The number of likely N-dealkylation sites (tertiary alicyclic amines) is 1. The van der Waals surface area contributed by atoms with Crippen LogP contribution in [0.1, 0.15) is 26.2 Å². The SMILES string of the molecule is CCNC(O)[C@@H](CNc1ccc(F)c(NC(=O)CN2CCC(F)(F)CC2)c1)S[C@@H]1C[C@@H]1C(NC)C(=O)NCC(F)F. The number of carbonyl (C=O) groups excluding carboxylic acids is 2. The van der Waals surface area contributed by atoms with Crippen molar-refractivity contribution in [3.63, 3.8) is 0 Å². The first-order valence-corrected chi connectivity index (χ1v) is 14.6. The van der Waals surface area contributed by atoms with Crippen LogP contribution >= 0.6 is 11.8 Å². The number of aliphatic hydroxyl groups excluding tert-OH is 1. The molecular weight excluding hydrogens is 571 g/mol. The Morgan fingerprint density at radius 3 is 2.54 bits per heavy atom. The van der Waals surface area contributed by atoms with Gasteiger partial charge in [0.15, 0.2) is 0 Å². The molecule has 1 aliphatic heterocycles. The molecule has 5 atom stereocenters. The van der Waals surface area contributed by atoms with Crippen LogP contribution in [0, 0.1) is 11.7 Å². The minimum atomic E-state index is -2.73. The first kappa shape index (κ1) is 33.3. The number of hydrogen-bond acceptors (Lipinski definition) is 8. The fourth-order valence-electron chi connectivity index (χ4n) is 4.70. The molecule has 2 amide bonds. The number of halogens is 5. The lowest BCUT2D eigenvalue weighted by atomic mass is 10.1. The Balaban J connectivity index is 1.56. The second-order valence-electron chi connectivity index (χ2n) is 10.3. The molecule has 2 fully saturated rings. The molecule has 41 heavy (non-hydrogen) atoms. The number of carbonyl (C=O) groups is 2. The van der Waals surface area contributed by atoms with Crippen molar-refractivity contribution in [2.75, 3.05) is 56.9 Å². The monoisotopic (exact) mass is 610 g/mol. The number of thioether (sulfide) groups is 1. The van der Waals surface area contributed by atoms with E-state index in [1.165, 1.54) is 30.0 Å². The molecule has 1 saturated carbocycles. The standard InChI is InChI=1S/C26H39F5N6O3S/c1-3-33-24(39)20(41-19-11-16(19)23(32-2)25(40)35-13-21(28)29)12-34-15-4-5-17(27)18(10-15)36-22(38)14-37-8-6-26(30,31)7-9-37/h4-5,10,16,19-21,23-24,32-34,39H,3,6-9,11-14H2,1-2H3,(H,35,40)(H,36,38)/t16-,19+,20+,23?,24?/m0/s1. The molecule has 0 radical (unpaired) electrons. The summed E-state index contributed by atoms with van der Waals surface area (Å²) in [6.45, 7) is 1.91. The number of rotatable bonds is 16. The van der Waals surface area contributed by atoms with Gasteiger partial charge in [0.1, 0.15) is 12.0 Å². The zero-order valence-electron chi connectivity index (χ0n) is 23.1. The average molecular weight is 611 g/mol. The van der Waals surface area contributed by atoms with Gasteiger partial charge in [0.05, 0.1) is 30.1 Å². The Bertz CT molecular complexity index is 1020. The van der Waals surface area contributed by atoms with Crippen LogP contribution in [-0.2, 0) is 9.59 Å². The number of nitrogens with zero attached hydrogens (tertiary/aromatic N) is 1. The van der Waals surface area contributed by atoms with Gasteiger partial charge in [0, 0.05) is 43.4 Å². The van der Waals surface area contributed by atoms with E-state index < -0.39 is 48.8 Å². The molecule has 0 spiro atoms. The third kappa shape index (κ3) is 10.5. The zero-order chi connectivity index (χ0) is 30.2. The number of likely N-dealkylation sites (N-methyl/N-ethyl adjacent to an activating group) is 1. The first-order valence-electron chi connectivity index (χ1n) is 13.7. The number of amides is 2. The molecule has 0 bridgehead atoms. The number of hydrogen-bond donors (Lipinski definition) is 6. The maximum Gasteiger partial charge on any atom is 0.255 e. The third-order valence-corrected chi connectivity index (χ3v) is 8.71. The Hall–Kier alpha value is -2.20. The highest BCUT2D eigenvalue weighted by Gasteiger charge is 2.47. The first-order chi connectivity index (χ1) is 19.4. The van der Waals surface area contributed by atoms with E-state index in [0.717, 1.165) is 0 Å². The van der Waals surface area contributed by atoms with Gasteiger partial charge in [-0.15, -0.1) is 11.8 Å². The Kier molecular flexibility index (Phi) is 12.4. The van der Waals surface area contributed by atoms with E-state index in [0.29, 0.717) is 18.7 Å². The van der Waals surface area contributed by atoms with E-state index in [-0.39, 0.29) is 61.1 Å². The van der Waals surface area contributed by atoms with Crippen molar-refractivity contribution in [3.05, 3.63) is 24.0 Å². The number of nitrogens with one attached hydrogen (secondary N) is 5. The van der Waals surface area contributed by atoms with E-state index in [2.05, 4.69) is 26.6 Å². The van der Waals surface area contributed by atoms with E-state index in [9.17, 15) is 36.6 Å². The molecule has 3 rings (SSSR count). The van der Waals surface area contributed by atoms with Gasteiger partial charge < -0.3 is 26.4 Å². The molecule has 1 aromatic carbocycles. The number of piperidine rings is 1. The van der Waals surface area contributed by atoms with E-state index in [4.69, 9.17) is 0 Å². The lowest BCUT2D eigenvalue weighted by molar-refractivity contribution is -0.124. The van der Waals surface area contributed by atoms with Gasteiger partial charge in [0.2, 0.25) is 11.8 Å². The molecule has 1 aliphatic carbocycles. The van der Waals surface area contributed by atoms with Crippen LogP contribution in [-0.4, -0.2) is 103 Å². The van der Waals surface area contributed by atoms with Crippen molar-refractivity contribution >= 4 is 35.0 Å². The van der Waals surface area contributed by atoms with Crippen molar-refractivity contribution in [1.82, 2.24) is 20.9 Å².